The van der Waals surface area contributed by atoms with E-state index in [4.69, 9.17) is 0 Å². The van der Waals surface area contributed by atoms with E-state index in [1.165, 1.54) is 11.3 Å². The number of anilines is 1. The van der Waals surface area contributed by atoms with Gasteiger partial charge in [-0.2, -0.15) is 0 Å². The quantitative estimate of drug-likeness (QED) is 0.624. The first-order valence-electron chi connectivity index (χ1n) is 9.73. The smallest absolute Gasteiger partial charge is 0.251 e. The van der Waals surface area contributed by atoms with E-state index in [9.17, 15) is 9.59 Å². The van der Waals surface area contributed by atoms with Crippen molar-refractivity contribution < 1.29 is 9.59 Å². The highest BCUT2D eigenvalue weighted by atomic mass is 32.1. The minimum atomic E-state index is -0.656. The highest BCUT2D eigenvalue weighted by Gasteiger charge is 2.26. The molecule has 29 heavy (non-hydrogen) atoms. The molecule has 0 aliphatic heterocycles. The summed E-state index contributed by atoms with van der Waals surface area (Å²) in [7, 11) is 0. The molecule has 5 nitrogen and oxygen atoms in total. The standard InChI is InChI=1S/C23H27N3O2S/c1-14(2)19(21(28)26-22-24-17-8-6-7-9-18(17)29-22)25-20(27)15-10-12-16(13-11-15)23(3,4)5/h6-14,19H,1-5H3,(H,25,27)(H,24,26,28)/t19-/m1/s1. The predicted octanol–water partition coefficient (Wildman–Crippen LogP) is 4.99. The summed E-state index contributed by atoms with van der Waals surface area (Å²) in [6, 6.07) is 14.6. The third-order valence-electron chi connectivity index (χ3n) is 4.77. The first kappa shape index (κ1) is 21.0. The minimum absolute atomic E-state index is 0.0204. The number of amides is 2. The molecule has 0 unspecified atom stereocenters. The first-order chi connectivity index (χ1) is 13.6. The van der Waals surface area contributed by atoms with Gasteiger partial charge in [-0.3, -0.25) is 9.59 Å². The molecular weight excluding hydrogens is 382 g/mol. The van der Waals surface area contributed by atoms with Gasteiger partial charge in [0.1, 0.15) is 6.04 Å². The molecule has 2 amide bonds. The van der Waals surface area contributed by atoms with Gasteiger partial charge in [-0.05, 0) is 41.2 Å². The molecule has 2 N–H and O–H groups in total. The van der Waals surface area contributed by atoms with Gasteiger partial charge in [0.25, 0.3) is 5.91 Å². The van der Waals surface area contributed by atoms with Crippen molar-refractivity contribution in [2.45, 2.75) is 46.1 Å². The zero-order valence-electron chi connectivity index (χ0n) is 17.4. The molecule has 0 saturated carbocycles. The highest BCUT2D eigenvalue weighted by molar-refractivity contribution is 7.22. The zero-order chi connectivity index (χ0) is 21.2. The lowest BCUT2D eigenvalue weighted by Gasteiger charge is -2.22. The molecule has 1 heterocycles. The number of rotatable bonds is 5. The Labute approximate surface area is 175 Å². The SMILES string of the molecule is CC(C)[C@@H](NC(=O)c1ccc(C(C)(C)C)cc1)C(=O)Nc1nc2ccccc2s1. The Balaban J connectivity index is 1.71. The number of carbonyl (C=O) groups is 2. The number of hydrogen-bond donors (Lipinski definition) is 2. The van der Waals surface area contributed by atoms with Crippen molar-refractivity contribution in [1.82, 2.24) is 10.3 Å². The van der Waals surface area contributed by atoms with E-state index < -0.39 is 6.04 Å². The summed E-state index contributed by atoms with van der Waals surface area (Å²) < 4.78 is 1.01. The lowest BCUT2D eigenvalue weighted by atomic mass is 9.86. The molecule has 152 valence electrons. The van der Waals surface area contributed by atoms with Crippen molar-refractivity contribution in [3.63, 3.8) is 0 Å². The molecule has 1 atom stereocenters. The summed E-state index contributed by atoms with van der Waals surface area (Å²) in [5, 5.41) is 6.26. The van der Waals surface area contributed by atoms with Crippen molar-refractivity contribution in [3.05, 3.63) is 59.7 Å². The molecule has 0 aliphatic carbocycles. The summed E-state index contributed by atoms with van der Waals surface area (Å²) in [5.41, 5.74) is 2.56. The molecule has 2 aromatic carbocycles. The second-order valence-corrected chi connectivity index (χ2v) is 9.53. The van der Waals surface area contributed by atoms with Crippen molar-refractivity contribution in [3.8, 4) is 0 Å². The second-order valence-electron chi connectivity index (χ2n) is 8.50. The second kappa shape index (κ2) is 8.33. The van der Waals surface area contributed by atoms with Crippen molar-refractivity contribution in [1.29, 1.82) is 0 Å². The average Bonchev–Trinajstić information content (AvgIpc) is 3.07. The number of carbonyl (C=O) groups excluding carboxylic acids is 2. The van der Waals surface area contributed by atoms with Crippen molar-refractivity contribution in [2.75, 3.05) is 5.32 Å². The highest BCUT2D eigenvalue weighted by Crippen LogP contribution is 2.26. The van der Waals surface area contributed by atoms with Crippen LogP contribution in [0.3, 0.4) is 0 Å². The van der Waals surface area contributed by atoms with Crippen molar-refractivity contribution in [2.24, 2.45) is 5.92 Å². The Hall–Kier alpha value is -2.73. The number of para-hydroxylation sites is 1. The Morgan fingerprint density at radius 2 is 1.66 bits per heavy atom. The van der Waals surface area contributed by atoms with Crippen LogP contribution in [0.15, 0.2) is 48.5 Å². The van der Waals surface area contributed by atoms with Crippen LogP contribution in [0, 0.1) is 5.92 Å². The zero-order valence-corrected chi connectivity index (χ0v) is 18.3. The van der Waals surface area contributed by atoms with Crippen LogP contribution in [-0.4, -0.2) is 22.8 Å². The van der Waals surface area contributed by atoms with Gasteiger partial charge in [0.2, 0.25) is 5.91 Å². The van der Waals surface area contributed by atoms with Gasteiger partial charge in [-0.25, -0.2) is 4.98 Å². The van der Waals surface area contributed by atoms with Gasteiger partial charge in [0, 0.05) is 5.56 Å². The average molecular weight is 410 g/mol. The summed E-state index contributed by atoms with van der Waals surface area (Å²) in [5.74, 6) is -0.593. The molecule has 3 aromatic rings. The maximum absolute atomic E-state index is 12.8. The molecular formula is C23H27N3O2S. The molecule has 6 heteroatoms. The largest absolute Gasteiger partial charge is 0.340 e. The number of hydrogen-bond acceptors (Lipinski definition) is 4. The van der Waals surface area contributed by atoms with E-state index >= 15 is 0 Å². The first-order valence-corrected chi connectivity index (χ1v) is 10.5. The van der Waals surface area contributed by atoms with Crippen LogP contribution in [0.25, 0.3) is 10.2 Å². The molecule has 1 aromatic heterocycles. The molecule has 3 rings (SSSR count). The fourth-order valence-corrected chi connectivity index (χ4v) is 3.86. The number of nitrogens with one attached hydrogen (secondary N) is 2. The molecule has 0 fully saturated rings. The van der Waals surface area contributed by atoms with Crippen molar-refractivity contribution >= 4 is 38.5 Å². The van der Waals surface area contributed by atoms with Crippen LogP contribution in [0.2, 0.25) is 0 Å². The predicted molar refractivity (Wildman–Crippen MR) is 119 cm³/mol. The fraction of sp³-hybridized carbons (Fsp3) is 0.348. The molecule has 0 spiro atoms. The number of fused-ring (bicyclic) bond motifs is 1. The minimum Gasteiger partial charge on any atom is -0.340 e. The fourth-order valence-electron chi connectivity index (χ4n) is 2.99. The van der Waals surface area contributed by atoms with E-state index in [0.29, 0.717) is 10.7 Å². The van der Waals surface area contributed by atoms with Crippen LogP contribution < -0.4 is 10.6 Å². The molecule has 0 saturated heterocycles. The number of aromatic nitrogens is 1. The number of nitrogens with zero attached hydrogens (tertiary/aromatic N) is 1. The van der Waals surface area contributed by atoms with E-state index in [1.54, 1.807) is 12.1 Å². The van der Waals surface area contributed by atoms with Gasteiger partial charge in [0.15, 0.2) is 5.13 Å². The third kappa shape index (κ3) is 5.01. The third-order valence-corrected chi connectivity index (χ3v) is 5.72. The van der Waals surface area contributed by atoms with Crippen LogP contribution >= 0.6 is 11.3 Å². The Kier molecular flexibility index (Phi) is 6.03. The maximum Gasteiger partial charge on any atom is 0.251 e. The van der Waals surface area contributed by atoms with Crippen LogP contribution in [0.5, 0.6) is 0 Å². The Bertz CT molecular complexity index is 984. The maximum atomic E-state index is 12.8. The van der Waals surface area contributed by atoms with Crippen LogP contribution in [-0.2, 0) is 10.2 Å². The molecule has 0 radical (unpaired) electrons. The van der Waals surface area contributed by atoms with E-state index in [2.05, 4.69) is 36.4 Å². The Morgan fingerprint density at radius 1 is 1.00 bits per heavy atom. The summed E-state index contributed by atoms with van der Waals surface area (Å²) in [6.07, 6.45) is 0. The van der Waals surface area contributed by atoms with Gasteiger partial charge in [-0.15, -0.1) is 0 Å². The summed E-state index contributed by atoms with van der Waals surface area (Å²) >= 11 is 1.42. The topological polar surface area (TPSA) is 71.1 Å². The number of benzene rings is 2. The lowest BCUT2D eigenvalue weighted by Crippen LogP contribution is -2.47. The lowest BCUT2D eigenvalue weighted by molar-refractivity contribution is -0.118. The molecule has 0 bridgehead atoms. The Morgan fingerprint density at radius 3 is 2.24 bits per heavy atom. The van der Waals surface area contributed by atoms with Gasteiger partial charge >= 0.3 is 0 Å². The number of thiazole rings is 1. The van der Waals surface area contributed by atoms with Crippen LogP contribution in [0.1, 0.15) is 50.5 Å². The monoisotopic (exact) mass is 409 g/mol. The molecule has 0 aliphatic rings. The van der Waals surface area contributed by atoms with Crippen LogP contribution in [0.4, 0.5) is 5.13 Å². The van der Waals surface area contributed by atoms with E-state index in [1.807, 2.05) is 50.2 Å². The summed E-state index contributed by atoms with van der Waals surface area (Å²) in [6.45, 7) is 10.2. The van der Waals surface area contributed by atoms with E-state index in [-0.39, 0.29) is 23.1 Å². The summed E-state index contributed by atoms with van der Waals surface area (Å²) in [4.78, 5) is 30.0. The van der Waals surface area contributed by atoms with Gasteiger partial charge in [0.05, 0.1) is 10.2 Å². The van der Waals surface area contributed by atoms with E-state index in [0.717, 1.165) is 15.8 Å². The van der Waals surface area contributed by atoms with Gasteiger partial charge < -0.3 is 10.6 Å². The normalized spacial score (nSPS) is 12.8. The van der Waals surface area contributed by atoms with Gasteiger partial charge in [-0.1, -0.05) is 70.2 Å².